The molecular formula is C7H8O2S. The van der Waals surface area contributed by atoms with E-state index >= 15 is 0 Å². The summed E-state index contributed by atoms with van der Waals surface area (Å²) < 4.78 is 21.7. The van der Waals surface area contributed by atoms with Crippen LogP contribution in [0.4, 0.5) is 0 Å². The summed E-state index contributed by atoms with van der Waals surface area (Å²) in [5, 5.41) is 1.26. The van der Waals surface area contributed by atoms with Gasteiger partial charge in [-0.25, -0.2) is 8.42 Å². The van der Waals surface area contributed by atoms with Crippen LogP contribution in [0.2, 0.25) is 0 Å². The van der Waals surface area contributed by atoms with E-state index in [4.69, 9.17) is 6.42 Å². The Morgan fingerprint density at radius 1 is 1.80 bits per heavy atom. The van der Waals surface area contributed by atoms with Crippen LogP contribution in [0.3, 0.4) is 0 Å². The lowest BCUT2D eigenvalue weighted by Crippen LogP contribution is -2.03. The molecule has 0 fully saturated rings. The fourth-order valence-corrected chi connectivity index (χ4v) is 2.61. The topological polar surface area (TPSA) is 34.1 Å². The number of hydrogen-bond acceptors (Lipinski definition) is 2. The van der Waals surface area contributed by atoms with Crippen molar-refractivity contribution in [1.82, 2.24) is 0 Å². The van der Waals surface area contributed by atoms with Gasteiger partial charge in [-0.1, -0.05) is 5.92 Å². The van der Waals surface area contributed by atoms with Crippen molar-refractivity contribution in [2.24, 2.45) is 5.92 Å². The van der Waals surface area contributed by atoms with Crippen LogP contribution >= 0.6 is 0 Å². The van der Waals surface area contributed by atoms with Crippen molar-refractivity contribution in [3.63, 3.8) is 0 Å². The Labute approximate surface area is 60.9 Å². The van der Waals surface area contributed by atoms with Gasteiger partial charge >= 0.3 is 0 Å². The first-order chi connectivity index (χ1) is 4.55. The molecule has 0 bridgehead atoms. The molecule has 1 atom stereocenters. The van der Waals surface area contributed by atoms with Crippen LogP contribution in [0.5, 0.6) is 0 Å². The second-order valence-corrected chi connectivity index (χ2v) is 4.31. The lowest BCUT2D eigenvalue weighted by atomic mass is 10.1. The number of terminal acetylenes is 1. The molecule has 2 nitrogen and oxygen atoms in total. The minimum Gasteiger partial charge on any atom is -0.224 e. The number of allylic oxidation sites excluding steroid dienone is 1. The van der Waals surface area contributed by atoms with Crippen molar-refractivity contribution in [1.29, 1.82) is 0 Å². The Kier molecular flexibility index (Phi) is 1.57. The molecule has 0 aromatic carbocycles. The number of hydrogen-bond donors (Lipinski definition) is 0. The van der Waals surface area contributed by atoms with Crippen LogP contribution in [0.1, 0.15) is 6.92 Å². The summed E-state index contributed by atoms with van der Waals surface area (Å²) in [6.45, 7) is 1.75. The Bertz CT molecular complexity index is 303. The molecule has 0 N–H and O–H groups in total. The van der Waals surface area contributed by atoms with Crippen molar-refractivity contribution in [2.75, 3.05) is 5.75 Å². The van der Waals surface area contributed by atoms with Gasteiger partial charge in [0.1, 0.15) is 0 Å². The van der Waals surface area contributed by atoms with Crippen molar-refractivity contribution in [2.45, 2.75) is 6.92 Å². The van der Waals surface area contributed by atoms with E-state index in [1.54, 1.807) is 6.92 Å². The van der Waals surface area contributed by atoms with Crippen LogP contribution in [0.25, 0.3) is 0 Å². The smallest absolute Gasteiger partial charge is 0.173 e. The van der Waals surface area contributed by atoms with Gasteiger partial charge in [-0.15, -0.1) is 6.42 Å². The molecular weight excluding hydrogens is 148 g/mol. The van der Waals surface area contributed by atoms with E-state index in [2.05, 4.69) is 5.92 Å². The largest absolute Gasteiger partial charge is 0.224 e. The van der Waals surface area contributed by atoms with Crippen molar-refractivity contribution >= 4 is 9.84 Å². The van der Waals surface area contributed by atoms with Gasteiger partial charge in [0.25, 0.3) is 0 Å². The van der Waals surface area contributed by atoms with E-state index < -0.39 is 9.84 Å². The molecule has 1 heterocycles. The maximum absolute atomic E-state index is 10.8. The van der Waals surface area contributed by atoms with E-state index in [9.17, 15) is 8.42 Å². The predicted octanol–water partition coefficient (Wildman–Crippen LogP) is 0.568. The van der Waals surface area contributed by atoms with Crippen LogP contribution in [-0.4, -0.2) is 14.2 Å². The summed E-state index contributed by atoms with van der Waals surface area (Å²) in [5.74, 6) is 2.32. The van der Waals surface area contributed by atoms with Gasteiger partial charge in [-0.05, 0) is 12.5 Å². The average molecular weight is 156 g/mol. The molecule has 1 aliphatic heterocycles. The minimum atomic E-state index is -2.96. The monoisotopic (exact) mass is 156 g/mol. The summed E-state index contributed by atoms with van der Waals surface area (Å²) in [5.41, 5.74) is 0.780. The molecule has 0 saturated heterocycles. The highest BCUT2D eigenvalue weighted by Crippen LogP contribution is 2.21. The molecule has 0 radical (unpaired) electrons. The van der Waals surface area contributed by atoms with Crippen molar-refractivity contribution in [3.05, 3.63) is 11.0 Å². The van der Waals surface area contributed by atoms with Gasteiger partial charge in [0.05, 0.1) is 11.7 Å². The number of rotatable bonds is 0. The highest BCUT2D eigenvalue weighted by molar-refractivity contribution is 7.94. The predicted molar refractivity (Wildman–Crippen MR) is 39.9 cm³/mol. The lowest BCUT2D eigenvalue weighted by molar-refractivity contribution is 0.604. The standard InChI is InChI=1S/C7H8O2S/c1-3-7-5-10(8,9)4-6(7)2/h1,4,7H,5H2,2H3. The van der Waals surface area contributed by atoms with E-state index in [1.807, 2.05) is 0 Å². The Morgan fingerprint density at radius 2 is 2.40 bits per heavy atom. The molecule has 0 amide bonds. The first-order valence-corrected chi connectivity index (χ1v) is 4.64. The highest BCUT2D eigenvalue weighted by atomic mass is 32.2. The second-order valence-electron chi connectivity index (χ2n) is 2.41. The third-order valence-electron chi connectivity index (χ3n) is 1.52. The normalized spacial score (nSPS) is 29.2. The number of sulfone groups is 1. The Balaban J connectivity index is 3.03. The molecule has 3 heteroatoms. The van der Waals surface area contributed by atoms with Gasteiger partial charge in [-0.3, -0.25) is 0 Å². The maximum atomic E-state index is 10.8. The van der Waals surface area contributed by atoms with E-state index in [0.717, 1.165) is 5.57 Å². The zero-order valence-corrected chi connectivity index (χ0v) is 6.48. The minimum absolute atomic E-state index is 0.0926. The fraction of sp³-hybridized carbons (Fsp3) is 0.429. The molecule has 0 aromatic rings. The maximum Gasteiger partial charge on any atom is 0.173 e. The van der Waals surface area contributed by atoms with E-state index in [-0.39, 0.29) is 11.7 Å². The van der Waals surface area contributed by atoms with Gasteiger partial charge in [0.15, 0.2) is 9.84 Å². The molecule has 0 spiro atoms. The van der Waals surface area contributed by atoms with Crippen LogP contribution in [0, 0.1) is 18.3 Å². The first kappa shape index (κ1) is 7.36. The Hall–Kier alpha value is -0.750. The molecule has 0 aromatic heterocycles. The van der Waals surface area contributed by atoms with E-state index in [1.165, 1.54) is 5.41 Å². The molecule has 54 valence electrons. The molecule has 1 aliphatic rings. The summed E-state index contributed by atoms with van der Waals surface area (Å²) in [6.07, 6.45) is 5.09. The summed E-state index contributed by atoms with van der Waals surface area (Å²) in [6, 6.07) is 0. The SMILES string of the molecule is C#CC1CS(=O)(=O)C=C1C. The van der Waals surface area contributed by atoms with Gasteiger partial charge in [0, 0.05) is 5.41 Å². The summed E-state index contributed by atoms with van der Waals surface area (Å²) in [7, 11) is -2.96. The summed E-state index contributed by atoms with van der Waals surface area (Å²) in [4.78, 5) is 0. The van der Waals surface area contributed by atoms with Gasteiger partial charge < -0.3 is 0 Å². The van der Waals surface area contributed by atoms with Crippen LogP contribution < -0.4 is 0 Å². The van der Waals surface area contributed by atoms with Crippen molar-refractivity contribution < 1.29 is 8.42 Å². The fourth-order valence-electron chi connectivity index (χ4n) is 0.957. The zero-order valence-electron chi connectivity index (χ0n) is 5.66. The molecule has 0 saturated carbocycles. The third kappa shape index (κ3) is 1.22. The Morgan fingerprint density at radius 3 is 2.60 bits per heavy atom. The molecule has 10 heavy (non-hydrogen) atoms. The van der Waals surface area contributed by atoms with Crippen LogP contribution in [-0.2, 0) is 9.84 Å². The average Bonchev–Trinajstić information content (AvgIpc) is 2.05. The highest BCUT2D eigenvalue weighted by Gasteiger charge is 2.24. The first-order valence-electron chi connectivity index (χ1n) is 2.92. The molecule has 1 rings (SSSR count). The molecule has 0 aliphatic carbocycles. The van der Waals surface area contributed by atoms with Crippen molar-refractivity contribution in [3.8, 4) is 12.3 Å². The van der Waals surface area contributed by atoms with Crippen LogP contribution in [0.15, 0.2) is 11.0 Å². The van der Waals surface area contributed by atoms with E-state index in [0.29, 0.717) is 0 Å². The van der Waals surface area contributed by atoms with Gasteiger partial charge in [-0.2, -0.15) is 0 Å². The summed E-state index contributed by atoms with van der Waals surface area (Å²) >= 11 is 0. The van der Waals surface area contributed by atoms with Gasteiger partial charge in [0.2, 0.25) is 0 Å². The zero-order chi connectivity index (χ0) is 7.78. The second kappa shape index (κ2) is 2.14. The molecule has 1 unspecified atom stereocenters. The lowest BCUT2D eigenvalue weighted by Gasteiger charge is -1.97. The third-order valence-corrected chi connectivity index (χ3v) is 3.04. The quantitative estimate of drug-likeness (QED) is 0.480.